The van der Waals surface area contributed by atoms with Crippen molar-refractivity contribution in [2.75, 3.05) is 70.0 Å². The number of nitrogens with zero attached hydrogens (tertiary/aromatic N) is 4. The van der Waals surface area contributed by atoms with E-state index in [4.69, 9.17) is 17.3 Å². The van der Waals surface area contributed by atoms with Gasteiger partial charge in [-0.1, -0.05) is 24.6 Å². The second kappa shape index (κ2) is 14.8. The first-order valence-corrected chi connectivity index (χ1v) is 18.1. The molecule has 0 radical (unpaired) electrons. The molecular formula is C33H47ClN8O3S. The number of piperidine rings is 2. The van der Waals surface area contributed by atoms with Gasteiger partial charge in [-0.25, -0.2) is 9.59 Å². The minimum absolute atomic E-state index is 0.0541. The van der Waals surface area contributed by atoms with E-state index in [0.717, 1.165) is 68.7 Å². The van der Waals surface area contributed by atoms with Crippen LogP contribution in [-0.4, -0.2) is 115 Å². The molecule has 5 N–H and O–H groups in total. The number of anilines is 2. The van der Waals surface area contributed by atoms with Crippen LogP contribution in [0.5, 0.6) is 0 Å². The SMILES string of the molecule is CCc1cc(C[C@@H](NC(=O)N2CCC(N3CCc4cscc4NC3=O)CC2)C(=O)N2CCC(N3CCNCC3)CC2)cc(Cl)c1N. The lowest BCUT2D eigenvalue weighted by Gasteiger charge is -2.41. The van der Waals surface area contributed by atoms with E-state index in [-0.39, 0.29) is 24.0 Å². The molecule has 250 valence electrons. The first kappa shape index (κ1) is 32.9. The number of nitrogen functional groups attached to an aromatic ring is 1. The van der Waals surface area contributed by atoms with E-state index in [0.29, 0.717) is 68.7 Å². The van der Waals surface area contributed by atoms with Crippen molar-refractivity contribution < 1.29 is 14.4 Å². The van der Waals surface area contributed by atoms with Crippen molar-refractivity contribution in [3.8, 4) is 0 Å². The van der Waals surface area contributed by atoms with Crippen molar-refractivity contribution in [2.45, 2.75) is 70.0 Å². The van der Waals surface area contributed by atoms with Gasteiger partial charge in [0, 0.05) is 82.8 Å². The minimum atomic E-state index is -0.722. The van der Waals surface area contributed by atoms with Gasteiger partial charge in [-0.2, -0.15) is 0 Å². The number of fused-ring (bicyclic) bond motifs is 1. The van der Waals surface area contributed by atoms with Gasteiger partial charge in [0.2, 0.25) is 5.91 Å². The zero-order chi connectivity index (χ0) is 32.2. The van der Waals surface area contributed by atoms with Crippen molar-refractivity contribution >= 4 is 52.3 Å². The molecule has 0 bridgehead atoms. The second-order valence-corrected chi connectivity index (χ2v) is 14.1. The highest BCUT2D eigenvalue weighted by atomic mass is 35.5. The number of benzene rings is 1. The normalized spacial score (nSPS) is 21.0. The van der Waals surface area contributed by atoms with Gasteiger partial charge >= 0.3 is 12.1 Å². The molecule has 13 heteroatoms. The molecule has 4 aliphatic heterocycles. The number of hydrogen-bond donors (Lipinski definition) is 4. The summed E-state index contributed by atoms with van der Waals surface area (Å²) in [6, 6.07) is 3.33. The van der Waals surface area contributed by atoms with Crippen LogP contribution < -0.4 is 21.7 Å². The van der Waals surface area contributed by atoms with Crippen molar-refractivity contribution in [2.24, 2.45) is 0 Å². The maximum Gasteiger partial charge on any atom is 0.322 e. The van der Waals surface area contributed by atoms with Crippen LogP contribution in [0.3, 0.4) is 0 Å². The monoisotopic (exact) mass is 670 g/mol. The van der Waals surface area contributed by atoms with E-state index < -0.39 is 6.04 Å². The number of rotatable bonds is 7. The van der Waals surface area contributed by atoms with Crippen molar-refractivity contribution in [1.82, 2.24) is 30.2 Å². The van der Waals surface area contributed by atoms with Gasteiger partial charge < -0.3 is 36.4 Å². The summed E-state index contributed by atoms with van der Waals surface area (Å²) in [5, 5.41) is 14.1. The van der Waals surface area contributed by atoms with Gasteiger partial charge in [-0.3, -0.25) is 9.69 Å². The number of halogens is 1. The Morgan fingerprint density at radius 3 is 2.41 bits per heavy atom. The van der Waals surface area contributed by atoms with Gasteiger partial charge in [-0.15, -0.1) is 11.3 Å². The zero-order valence-electron chi connectivity index (χ0n) is 26.7. The van der Waals surface area contributed by atoms with Crippen molar-refractivity contribution in [3.05, 3.63) is 44.6 Å². The fourth-order valence-corrected chi connectivity index (χ4v) is 8.51. The molecule has 5 amide bonds. The third-order valence-corrected chi connectivity index (χ3v) is 11.3. The Morgan fingerprint density at radius 1 is 1.00 bits per heavy atom. The average Bonchev–Trinajstić information content (AvgIpc) is 3.46. The van der Waals surface area contributed by atoms with E-state index in [2.05, 4.69) is 26.2 Å². The smallest absolute Gasteiger partial charge is 0.322 e. The number of urea groups is 2. The van der Waals surface area contributed by atoms with Gasteiger partial charge in [-0.05, 0) is 66.7 Å². The molecule has 0 aliphatic carbocycles. The van der Waals surface area contributed by atoms with Crippen LogP contribution in [0.25, 0.3) is 0 Å². The average molecular weight is 671 g/mol. The molecule has 4 aliphatic rings. The molecule has 6 rings (SSSR count). The molecule has 46 heavy (non-hydrogen) atoms. The quantitative estimate of drug-likeness (QED) is 0.334. The molecule has 0 unspecified atom stereocenters. The molecule has 2 aromatic rings. The highest BCUT2D eigenvalue weighted by molar-refractivity contribution is 7.08. The third kappa shape index (κ3) is 7.40. The van der Waals surface area contributed by atoms with E-state index in [1.807, 2.05) is 34.2 Å². The van der Waals surface area contributed by atoms with Crippen molar-refractivity contribution in [1.29, 1.82) is 0 Å². The molecular weight excluding hydrogens is 624 g/mol. The van der Waals surface area contributed by atoms with Crippen LogP contribution in [0.15, 0.2) is 22.9 Å². The number of carbonyl (C=O) groups is 3. The number of nitrogens with two attached hydrogens (primary N) is 1. The predicted molar refractivity (Wildman–Crippen MR) is 184 cm³/mol. The fourth-order valence-electron chi connectivity index (χ4n) is 7.43. The van der Waals surface area contributed by atoms with Gasteiger partial charge in [0.25, 0.3) is 0 Å². The van der Waals surface area contributed by atoms with Crippen LogP contribution in [-0.2, 0) is 24.1 Å². The summed E-state index contributed by atoms with van der Waals surface area (Å²) in [6.07, 6.45) is 5.14. The molecule has 11 nitrogen and oxygen atoms in total. The van der Waals surface area contributed by atoms with Gasteiger partial charge in [0.05, 0.1) is 16.4 Å². The maximum atomic E-state index is 14.1. The summed E-state index contributed by atoms with van der Waals surface area (Å²) in [6.45, 7) is 9.20. The number of thiophene rings is 1. The number of amides is 5. The fraction of sp³-hybridized carbons (Fsp3) is 0.606. The Hall–Kier alpha value is -3.06. The zero-order valence-corrected chi connectivity index (χ0v) is 28.3. The van der Waals surface area contributed by atoms with Crippen LogP contribution >= 0.6 is 22.9 Å². The number of carbonyl (C=O) groups excluding carboxylic acids is 3. The Balaban J connectivity index is 1.10. The van der Waals surface area contributed by atoms with E-state index in [1.165, 1.54) is 5.56 Å². The van der Waals surface area contributed by atoms with Crippen LogP contribution in [0.2, 0.25) is 5.02 Å². The van der Waals surface area contributed by atoms with E-state index in [9.17, 15) is 14.4 Å². The summed E-state index contributed by atoms with van der Waals surface area (Å²) in [5.74, 6) is -0.0541. The number of nitrogens with one attached hydrogen (secondary N) is 3. The summed E-state index contributed by atoms with van der Waals surface area (Å²) >= 11 is 8.09. The van der Waals surface area contributed by atoms with E-state index >= 15 is 0 Å². The Kier molecular flexibility index (Phi) is 10.6. The Labute approximate surface area is 280 Å². The molecule has 5 heterocycles. The van der Waals surface area contributed by atoms with Crippen LogP contribution in [0, 0.1) is 0 Å². The minimum Gasteiger partial charge on any atom is -0.397 e. The summed E-state index contributed by atoms with van der Waals surface area (Å²) in [7, 11) is 0. The van der Waals surface area contributed by atoms with Crippen LogP contribution in [0.1, 0.15) is 49.3 Å². The second-order valence-electron chi connectivity index (χ2n) is 13.0. The largest absolute Gasteiger partial charge is 0.397 e. The number of aryl methyl sites for hydroxylation is 1. The van der Waals surface area contributed by atoms with Crippen molar-refractivity contribution in [3.63, 3.8) is 0 Å². The molecule has 1 aromatic heterocycles. The molecule has 0 spiro atoms. The number of piperazine rings is 1. The maximum absolute atomic E-state index is 14.1. The molecule has 0 saturated carbocycles. The summed E-state index contributed by atoms with van der Waals surface area (Å²) < 4.78 is 0. The lowest BCUT2D eigenvalue weighted by Crippen LogP contribution is -2.58. The highest BCUT2D eigenvalue weighted by Crippen LogP contribution is 2.29. The standard InChI is InChI=1S/C33H47ClN8O3S/c1-2-23-17-22(18-27(34)30(23)35)19-28(31(43)40-10-4-25(5-11-40)39-15-8-36-9-16-39)37-32(44)41-12-6-26(7-13-41)42-14-3-24-20-46-21-29(24)38-33(42)45/h17-18,20-21,25-26,28,36H,2-16,19,35H2,1H3,(H,37,44)(H,38,45)/t28-/m1/s1. The Bertz CT molecular complexity index is 1400. The lowest BCUT2D eigenvalue weighted by atomic mass is 9.98. The number of likely N-dealkylation sites (tertiary alicyclic amines) is 2. The molecule has 1 atom stereocenters. The molecule has 1 aromatic carbocycles. The molecule has 3 saturated heterocycles. The van der Waals surface area contributed by atoms with Gasteiger partial charge in [0.1, 0.15) is 6.04 Å². The van der Waals surface area contributed by atoms with E-state index in [1.54, 1.807) is 16.2 Å². The summed E-state index contributed by atoms with van der Waals surface area (Å²) in [4.78, 5) is 48.9. The summed E-state index contributed by atoms with van der Waals surface area (Å²) in [5.41, 5.74) is 10.7. The lowest BCUT2D eigenvalue weighted by molar-refractivity contribution is -0.134. The topological polar surface area (TPSA) is 126 Å². The van der Waals surface area contributed by atoms with Crippen LogP contribution in [0.4, 0.5) is 21.0 Å². The predicted octanol–water partition coefficient (Wildman–Crippen LogP) is 3.62. The first-order chi connectivity index (χ1) is 22.3. The first-order valence-electron chi connectivity index (χ1n) is 16.8. The molecule has 3 fully saturated rings. The Morgan fingerprint density at radius 2 is 1.70 bits per heavy atom. The van der Waals surface area contributed by atoms with Gasteiger partial charge in [0.15, 0.2) is 0 Å². The highest BCUT2D eigenvalue weighted by Gasteiger charge is 2.35. The third-order valence-electron chi connectivity index (χ3n) is 10.2. The number of hydrogen-bond acceptors (Lipinski definition) is 7.